The molecule has 1 heterocycles. The fourth-order valence-electron chi connectivity index (χ4n) is 1.47. The van der Waals surface area contributed by atoms with E-state index in [0.717, 1.165) is 24.5 Å². The molecule has 0 radical (unpaired) electrons. The van der Waals surface area contributed by atoms with Crippen LogP contribution in [-0.2, 0) is 11.3 Å². The SMILES string of the molecule is CC(C)CCCOCc1sccc1C#CCN. The Kier molecular flexibility index (Phi) is 6.95. The van der Waals surface area contributed by atoms with Gasteiger partial charge in [-0.1, -0.05) is 25.7 Å². The lowest BCUT2D eigenvalue weighted by Crippen LogP contribution is -1.98. The van der Waals surface area contributed by atoms with E-state index < -0.39 is 0 Å². The number of rotatable bonds is 6. The normalized spacial score (nSPS) is 10.4. The highest BCUT2D eigenvalue weighted by molar-refractivity contribution is 7.10. The molecule has 0 atom stereocenters. The van der Waals surface area contributed by atoms with Crippen LogP contribution in [0.2, 0.25) is 0 Å². The van der Waals surface area contributed by atoms with Crippen molar-refractivity contribution in [3.8, 4) is 11.8 Å². The first-order valence-electron chi connectivity index (χ1n) is 6.07. The van der Waals surface area contributed by atoms with Gasteiger partial charge < -0.3 is 10.5 Å². The molecule has 2 N–H and O–H groups in total. The summed E-state index contributed by atoms with van der Waals surface area (Å²) in [6, 6.07) is 2.03. The molecule has 0 bridgehead atoms. The van der Waals surface area contributed by atoms with Crippen molar-refractivity contribution in [2.24, 2.45) is 11.7 Å². The van der Waals surface area contributed by atoms with Crippen molar-refractivity contribution in [1.29, 1.82) is 0 Å². The average Bonchev–Trinajstić information content (AvgIpc) is 2.73. The predicted molar refractivity (Wildman–Crippen MR) is 74.0 cm³/mol. The Labute approximate surface area is 108 Å². The molecule has 0 unspecified atom stereocenters. The van der Waals surface area contributed by atoms with Crippen molar-refractivity contribution in [2.45, 2.75) is 33.3 Å². The summed E-state index contributed by atoms with van der Waals surface area (Å²) in [5, 5.41) is 2.05. The van der Waals surface area contributed by atoms with Gasteiger partial charge in [-0.2, -0.15) is 0 Å². The summed E-state index contributed by atoms with van der Waals surface area (Å²) in [6.45, 7) is 6.38. The summed E-state index contributed by atoms with van der Waals surface area (Å²) in [6.07, 6.45) is 2.36. The second-order valence-corrected chi connectivity index (χ2v) is 5.35. The first-order valence-corrected chi connectivity index (χ1v) is 6.95. The van der Waals surface area contributed by atoms with Crippen LogP contribution in [-0.4, -0.2) is 13.2 Å². The summed E-state index contributed by atoms with van der Waals surface area (Å²) < 4.78 is 5.66. The van der Waals surface area contributed by atoms with Crippen molar-refractivity contribution in [3.05, 3.63) is 21.9 Å². The average molecular weight is 251 g/mol. The number of hydrogen-bond acceptors (Lipinski definition) is 3. The van der Waals surface area contributed by atoms with Crippen LogP contribution >= 0.6 is 11.3 Å². The Morgan fingerprint density at radius 1 is 1.47 bits per heavy atom. The van der Waals surface area contributed by atoms with Gasteiger partial charge in [-0.15, -0.1) is 11.3 Å². The Bertz CT molecular complexity index is 373. The minimum Gasteiger partial charge on any atom is -0.376 e. The van der Waals surface area contributed by atoms with Gasteiger partial charge in [0.1, 0.15) is 0 Å². The Morgan fingerprint density at radius 2 is 2.29 bits per heavy atom. The van der Waals surface area contributed by atoms with Gasteiger partial charge in [0.05, 0.1) is 13.2 Å². The second-order valence-electron chi connectivity index (χ2n) is 4.35. The van der Waals surface area contributed by atoms with E-state index in [0.29, 0.717) is 13.2 Å². The highest BCUT2D eigenvalue weighted by atomic mass is 32.1. The van der Waals surface area contributed by atoms with E-state index in [4.69, 9.17) is 10.5 Å². The molecule has 1 aromatic heterocycles. The number of thiophene rings is 1. The number of hydrogen-bond donors (Lipinski definition) is 1. The first kappa shape index (κ1) is 14.2. The topological polar surface area (TPSA) is 35.2 Å². The standard InChI is InChI=1S/C14H21NOS/c1-12(2)5-4-9-16-11-14-13(6-3-8-15)7-10-17-14/h7,10,12H,4-5,8-9,11,15H2,1-2H3. The molecule has 0 saturated carbocycles. The van der Waals surface area contributed by atoms with Gasteiger partial charge in [0.15, 0.2) is 0 Å². The summed E-state index contributed by atoms with van der Waals surface area (Å²) in [7, 11) is 0. The van der Waals surface area contributed by atoms with Gasteiger partial charge in [0, 0.05) is 17.0 Å². The Balaban J connectivity index is 2.29. The molecule has 0 aliphatic rings. The van der Waals surface area contributed by atoms with Gasteiger partial charge in [-0.3, -0.25) is 0 Å². The molecule has 0 aliphatic carbocycles. The minimum atomic E-state index is 0.407. The zero-order chi connectivity index (χ0) is 12.5. The molecule has 0 fully saturated rings. The second kappa shape index (κ2) is 8.30. The zero-order valence-electron chi connectivity index (χ0n) is 10.7. The molecule has 1 rings (SSSR count). The third-order valence-electron chi connectivity index (χ3n) is 2.37. The lowest BCUT2D eigenvalue weighted by Gasteiger charge is -2.05. The fourth-order valence-corrected chi connectivity index (χ4v) is 2.23. The highest BCUT2D eigenvalue weighted by Gasteiger charge is 2.02. The smallest absolute Gasteiger partial charge is 0.0821 e. The first-order chi connectivity index (χ1) is 8.24. The van der Waals surface area contributed by atoms with Crippen LogP contribution in [0.25, 0.3) is 0 Å². The lowest BCUT2D eigenvalue weighted by atomic mass is 10.1. The third kappa shape index (κ3) is 5.88. The Hall–Kier alpha value is -0.820. The molecule has 0 saturated heterocycles. The molecule has 0 aliphatic heterocycles. The van der Waals surface area contributed by atoms with Gasteiger partial charge in [0.25, 0.3) is 0 Å². The molecule has 0 amide bonds. The molecule has 2 nitrogen and oxygen atoms in total. The van der Waals surface area contributed by atoms with Crippen LogP contribution in [0.3, 0.4) is 0 Å². The minimum absolute atomic E-state index is 0.407. The largest absolute Gasteiger partial charge is 0.376 e. The van der Waals surface area contributed by atoms with Crippen LogP contribution in [0.4, 0.5) is 0 Å². The van der Waals surface area contributed by atoms with E-state index in [2.05, 4.69) is 25.7 Å². The van der Waals surface area contributed by atoms with Gasteiger partial charge in [0.2, 0.25) is 0 Å². The highest BCUT2D eigenvalue weighted by Crippen LogP contribution is 2.17. The Morgan fingerprint density at radius 3 is 3.00 bits per heavy atom. The monoisotopic (exact) mass is 251 g/mol. The van der Waals surface area contributed by atoms with Crippen molar-refractivity contribution < 1.29 is 4.74 Å². The van der Waals surface area contributed by atoms with Crippen LogP contribution < -0.4 is 5.73 Å². The van der Waals surface area contributed by atoms with Crippen molar-refractivity contribution in [3.63, 3.8) is 0 Å². The van der Waals surface area contributed by atoms with Crippen molar-refractivity contribution >= 4 is 11.3 Å². The summed E-state index contributed by atoms with van der Waals surface area (Å²) in [5.41, 5.74) is 6.42. The van der Waals surface area contributed by atoms with E-state index in [1.807, 2.05) is 11.4 Å². The molecular formula is C14H21NOS. The summed E-state index contributed by atoms with van der Waals surface area (Å²) >= 11 is 1.70. The molecule has 0 spiro atoms. The maximum atomic E-state index is 5.66. The summed E-state index contributed by atoms with van der Waals surface area (Å²) in [5.74, 6) is 6.70. The quantitative estimate of drug-likeness (QED) is 0.623. The van der Waals surface area contributed by atoms with E-state index in [-0.39, 0.29) is 0 Å². The van der Waals surface area contributed by atoms with Crippen molar-refractivity contribution in [1.82, 2.24) is 0 Å². The molecular weight excluding hydrogens is 230 g/mol. The third-order valence-corrected chi connectivity index (χ3v) is 3.27. The molecule has 3 heteroatoms. The van der Waals surface area contributed by atoms with E-state index in [1.165, 1.54) is 11.3 Å². The fraction of sp³-hybridized carbons (Fsp3) is 0.571. The van der Waals surface area contributed by atoms with Crippen LogP contribution in [0, 0.1) is 17.8 Å². The van der Waals surface area contributed by atoms with E-state index in [1.54, 1.807) is 11.3 Å². The van der Waals surface area contributed by atoms with E-state index in [9.17, 15) is 0 Å². The van der Waals surface area contributed by atoms with Crippen LogP contribution in [0.1, 0.15) is 37.1 Å². The maximum Gasteiger partial charge on any atom is 0.0821 e. The predicted octanol–water partition coefficient (Wildman–Crippen LogP) is 3.01. The molecule has 0 aromatic carbocycles. The van der Waals surface area contributed by atoms with Crippen LogP contribution in [0.5, 0.6) is 0 Å². The maximum absolute atomic E-state index is 5.66. The van der Waals surface area contributed by atoms with Gasteiger partial charge in [-0.05, 0) is 30.2 Å². The number of ether oxygens (including phenoxy) is 1. The van der Waals surface area contributed by atoms with E-state index >= 15 is 0 Å². The molecule has 17 heavy (non-hydrogen) atoms. The van der Waals surface area contributed by atoms with Crippen molar-refractivity contribution in [2.75, 3.05) is 13.2 Å². The van der Waals surface area contributed by atoms with Crippen LogP contribution in [0.15, 0.2) is 11.4 Å². The molecule has 1 aromatic rings. The number of nitrogens with two attached hydrogens (primary N) is 1. The molecule has 94 valence electrons. The van der Waals surface area contributed by atoms with Gasteiger partial charge >= 0.3 is 0 Å². The lowest BCUT2D eigenvalue weighted by molar-refractivity contribution is 0.117. The zero-order valence-corrected chi connectivity index (χ0v) is 11.5. The van der Waals surface area contributed by atoms with Gasteiger partial charge in [-0.25, -0.2) is 0 Å². The summed E-state index contributed by atoms with van der Waals surface area (Å²) in [4.78, 5) is 1.20.